The molecular weight excluding hydrogens is 208 g/mol. The number of thioether (sulfide) groups is 1. The van der Waals surface area contributed by atoms with Gasteiger partial charge in [0.2, 0.25) is 0 Å². The fourth-order valence-corrected chi connectivity index (χ4v) is 1.54. The van der Waals surface area contributed by atoms with Crippen LogP contribution in [-0.4, -0.2) is 33.5 Å². The lowest BCUT2D eigenvalue weighted by atomic mass is 10.4. The molecule has 0 unspecified atom stereocenters. The molecule has 0 atom stereocenters. The van der Waals surface area contributed by atoms with Crippen LogP contribution < -0.4 is 5.32 Å². The summed E-state index contributed by atoms with van der Waals surface area (Å²) in [6, 6.07) is 3.86. The Bertz CT molecular complexity index is 446. The third-order valence-corrected chi connectivity index (χ3v) is 2.56. The van der Waals surface area contributed by atoms with Crippen LogP contribution in [0.2, 0.25) is 0 Å². The smallest absolute Gasteiger partial charge is 0.180 e. The Kier molecular flexibility index (Phi) is 3.34. The summed E-state index contributed by atoms with van der Waals surface area (Å²) in [7, 11) is 0. The summed E-state index contributed by atoms with van der Waals surface area (Å²) >= 11 is 1.81. The number of rotatable bonds is 4. The summed E-state index contributed by atoms with van der Waals surface area (Å²) in [4.78, 5) is 12.7. The number of aromatic nitrogens is 3. The van der Waals surface area contributed by atoms with Crippen LogP contribution in [0.3, 0.4) is 0 Å². The summed E-state index contributed by atoms with van der Waals surface area (Å²) in [5.41, 5.74) is 1.51. The highest BCUT2D eigenvalue weighted by Crippen LogP contribution is 2.09. The van der Waals surface area contributed by atoms with Crippen molar-refractivity contribution in [3.05, 3.63) is 24.5 Å². The Labute approximate surface area is 92.5 Å². The molecule has 0 aliphatic rings. The zero-order valence-corrected chi connectivity index (χ0v) is 9.29. The second kappa shape index (κ2) is 4.93. The van der Waals surface area contributed by atoms with Crippen molar-refractivity contribution in [1.82, 2.24) is 15.0 Å². The van der Waals surface area contributed by atoms with Crippen molar-refractivity contribution in [3.8, 4) is 0 Å². The molecule has 15 heavy (non-hydrogen) atoms. The predicted molar refractivity (Wildman–Crippen MR) is 64.2 cm³/mol. The number of nitrogens with one attached hydrogen (secondary N) is 1. The Morgan fingerprint density at radius 1 is 1.27 bits per heavy atom. The molecule has 5 heteroatoms. The van der Waals surface area contributed by atoms with E-state index in [0.29, 0.717) is 5.65 Å². The van der Waals surface area contributed by atoms with Crippen LogP contribution in [0, 0.1) is 0 Å². The van der Waals surface area contributed by atoms with Crippen LogP contribution in [-0.2, 0) is 0 Å². The minimum absolute atomic E-state index is 0.687. The summed E-state index contributed by atoms with van der Waals surface area (Å²) in [5.74, 6) is 1.93. The zero-order chi connectivity index (χ0) is 10.5. The van der Waals surface area contributed by atoms with Gasteiger partial charge < -0.3 is 5.32 Å². The maximum Gasteiger partial charge on any atom is 0.180 e. The fourth-order valence-electron chi connectivity index (χ4n) is 1.23. The Balaban J connectivity index is 2.16. The van der Waals surface area contributed by atoms with Gasteiger partial charge in [0.1, 0.15) is 11.3 Å². The molecule has 78 valence electrons. The Morgan fingerprint density at radius 3 is 3.00 bits per heavy atom. The molecule has 2 rings (SSSR count). The molecular formula is C10H12N4S. The second-order valence-electron chi connectivity index (χ2n) is 3.02. The lowest BCUT2D eigenvalue weighted by Crippen LogP contribution is -2.05. The quantitative estimate of drug-likeness (QED) is 0.796. The average molecular weight is 220 g/mol. The number of hydrogen-bond acceptors (Lipinski definition) is 5. The first-order chi connectivity index (χ1) is 7.40. The van der Waals surface area contributed by atoms with Crippen LogP contribution in [0.1, 0.15) is 0 Å². The van der Waals surface area contributed by atoms with Gasteiger partial charge in [0.15, 0.2) is 5.65 Å². The largest absolute Gasteiger partial charge is 0.369 e. The first-order valence-electron chi connectivity index (χ1n) is 4.71. The van der Waals surface area contributed by atoms with E-state index in [2.05, 4.69) is 26.5 Å². The topological polar surface area (TPSA) is 50.7 Å². The van der Waals surface area contributed by atoms with Crippen molar-refractivity contribution >= 4 is 28.7 Å². The molecule has 0 radical (unpaired) electrons. The van der Waals surface area contributed by atoms with Crippen molar-refractivity contribution in [2.24, 2.45) is 0 Å². The molecule has 0 saturated heterocycles. The molecule has 0 fully saturated rings. The lowest BCUT2D eigenvalue weighted by Gasteiger charge is -2.04. The van der Waals surface area contributed by atoms with Crippen molar-refractivity contribution in [2.75, 3.05) is 23.9 Å². The zero-order valence-electron chi connectivity index (χ0n) is 8.47. The van der Waals surface area contributed by atoms with E-state index in [1.54, 1.807) is 24.2 Å². The molecule has 0 aliphatic heterocycles. The first-order valence-corrected chi connectivity index (χ1v) is 6.10. The highest BCUT2D eigenvalue weighted by Gasteiger charge is 1.98. The standard InChI is InChI=1S/C10H12N4S/c1-15-7-6-12-9-3-2-8-10(14-9)13-5-4-11-8/h2-5H,6-7H2,1H3,(H,12,13,14). The van der Waals surface area contributed by atoms with Crippen molar-refractivity contribution < 1.29 is 0 Å². The molecule has 0 aliphatic carbocycles. The molecule has 0 bridgehead atoms. The van der Waals surface area contributed by atoms with Gasteiger partial charge in [0.25, 0.3) is 0 Å². The molecule has 0 amide bonds. The lowest BCUT2D eigenvalue weighted by molar-refractivity contribution is 1.16. The summed E-state index contributed by atoms with van der Waals surface area (Å²) in [6.07, 6.45) is 5.41. The fraction of sp³-hybridized carbons (Fsp3) is 0.300. The minimum atomic E-state index is 0.687. The Hall–Kier alpha value is -1.36. The molecule has 0 spiro atoms. The number of hydrogen-bond donors (Lipinski definition) is 1. The van der Waals surface area contributed by atoms with Crippen molar-refractivity contribution in [1.29, 1.82) is 0 Å². The number of pyridine rings is 1. The van der Waals surface area contributed by atoms with Gasteiger partial charge in [-0.05, 0) is 18.4 Å². The van der Waals surface area contributed by atoms with E-state index >= 15 is 0 Å². The maximum absolute atomic E-state index is 4.35. The minimum Gasteiger partial charge on any atom is -0.369 e. The van der Waals surface area contributed by atoms with Crippen LogP contribution in [0.25, 0.3) is 11.2 Å². The third-order valence-electron chi connectivity index (χ3n) is 1.94. The summed E-state index contributed by atoms with van der Waals surface area (Å²) in [5, 5.41) is 3.24. The molecule has 0 aromatic carbocycles. The van der Waals surface area contributed by atoms with Crippen LogP contribution in [0.15, 0.2) is 24.5 Å². The van der Waals surface area contributed by atoms with E-state index in [1.807, 2.05) is 12.1 Å². The predicted octanol–water partition coefficient (Wildman–Crippen LogP) is 1.80. The van der Waals surface area contributed by atoms with Gasteiger partial charge in [-0.15, -0.1) is 0 Å². The Morgan fingerprint density at radius 2 is 2.13 bits per heavy atom. The van der Waals surface area contributed by atoms with Gasteiger partial charge in [0, 0.05) is 24.7 Å². The maximum atomic E-state index is 4.35. The van der Waals surface area contributed by atoms with E-state index < -0.39 is 0 Å². The first kappa shape index (κ1) is 10.2. The number of anilines is 1. The van der Waals surface area contributed by atoms with Gasteiger partial charge in [-0.1, -0.05) is 0 Å². The summed E-state index contributed by atoms with van der Waals surface area (Å²) in [6.45, 7) is 0.917. The van der Waals surface area contributed by atoms with Gasteiger partial charge in [0.05, 0.1) is 0 Å². The monoisotopic (exact) mass is 220 g/mol. The molecule has 2 aromatic rings. The van der Waals surface area contributed by atoms with Gasteiger partial charge in [-0.2, -0.15) is 11.8 Å². The van der Waals surface area contributed by atoms with E-state index in [4.69, 9.17) is 0 Å². The second-order valence-corrected chi connectivity index (χ2v) is 4.00. The molecule has 0 saturated carbocycles. The van der Waals surface area contributed by atoms with E-state index in [1.165, 1.54) is 0 Å². The average Bonchev–Trinajstić information content (AvgIpc) is 2.29. The summed E-state index contributed by atoms with van der Waals surface area (Å²) < 4.78 is 0. The van der Waals surface area contributed by atoms with Crippen molar-refractivity contribution in [2.45, 2.75) is 0 Å². The van der Waals surface area contributed by atoms with Crippen LogP contribution in [0.4, 0.5) is 5.82 Å². The number of nitrogens with zero attached hydrogens (tertiary/aromatic N) is 3. The third kappa shape index (κ3) is 2.56. The highest BCUT2D eigenvalue weighted by atomic mass is 32.2. The van der Waals surface area contributed by atoms with Crippen molar-refractivity contribution in [3.63, 3.8) is 0 Å². The van der Waals surface area contributed by atoms with E-state index in [9.17, 15) is 0 Å². The highest BCUT2D eigenvalue weighted by molar-refractivity contribution is 7.98. The van der Waals surface area contributed by atoms with Crippen LogP contribution >= 0.6 is 11.8 Å². The normalized spacial score (nSPS) is 10.5. The SMILES string of the molecule is CSCCNc1ccc2nccnc2n1. The van der Waals surface area contributed by atoms with E-state index in [-0.39, 0.29) is 0 Å². The van der Waals surface area contributed by atoms with Gasteiger partial charge in [-0.3, -0.25) is 4.98 Å². The molecule has 2 aromatic heterocycles. The van der Waals surface area contributed by atoms with E-state index in [0.717, 1.165) is 23.6 Å². The molecule has 4 nitrogen and oxygen atoms in total. The molecule has 2 heterocycles. The number of fused-ring (bicyclic) bond motifs is 1. The molecule has 1 N–H and O–H groups in total. The van der Waals surface area contributed by atoms with Gasteiger partial charge >= 0.3 is 0 Å². The van der Waals surface area contributed by atoms with Gasteiger partial charge in [-0.25, -0.2) is 9.97 Å². The van der Waals surface area contributed by atoms with Crippen LogP contribution in [0.5, 0.6) is 0 Å².